The summed E-state index contributed by atoms with van der Waals surface area (Å²) in [6, 6.07) is 3.60. The molecule has 128 valence electrons. The fourth-order valence-corrected chi connectivity index (χ4v) is 3.07. The monoisotopic (exact) mass is 342 g/mol. The summed E-state index contributed by atoms with van der Waals surface area (Å²) in [6.07, 6.45) is 3.19. The molecule has 0 amide bonds. The SMILES string of the molecule is CN=C(NCCCSC)N1CCN(c2cc(F)ccc2F)CC1. The van der Waals surface area contributed by atoms with Crippen LogP contribution in [0.15, 0.2) is 23.2 Å². The van der Waals surface area contributed by atoms with Crippen LogP contribution in [0.5, 0.6) is 0 Å². The molecule has 1 heterocycles. The zero-order chi connectivity index (χ0) is 16.7. The number of piperazine rings is 1. The highest BCUT2D eigenvalue weighted by Crippen LogP contribution is 2.21. The van der Waals surface area contributed by atoms with Gasteiger partial charge in [0.25, 0.3) is 0 Å². The first-order chi connectivity index (χ1) is 11.2. The summed E-state index contributed by atoms with van der Waals surface area (Å²) in [5.74, 6) is 1.22. The summed E-state index contributed by atoms with van der Waals surface area (Å²) in [7, 11) is 1.77. The van der Waals surface area contributed by atoms with Gasteiger partial charge in [-0.05, 0) is 30.6 Å². The maximum atomic E-state index is 13.9. The Morgan fingerprint density at radius 2 is 2.00 bits per heavy atom. The second-order valence-corrected chi connectivity index (χ2v) is 6.38. The minimum atomic E-state index is -0.407. The number of nitrogens with zero attached hydrogens (tertiary/aromatic N) is 3. The number of guanidine groups is 1. The van der Waals surface area contributed by atoms with Crippen LogP contribution in [-0.4, -0.2) is 62.6 Å². The van der Waals surface area contributed by atoms with E-state index >= 15 is 0 Å². The Bertz CT molecular complexity index is 531. The van der Waals surface area contributed by atoms with Crippen molar-refractivity contribution >= 4 is 23.4 Å². The predicted octanol–water partition coefficient (Wildman–Crippen LogP) is 2.42. The summed E-state index contributed by atoms with van der Waals surface area (Å²) in [5, 5.41) is 3.36. The standard InChI is InChI=1S/C16H24F2N4S/c1-19-16(20-6-3-11-23-2)22-9-7-21(8-10-22)15-12-13(17)4-5-14(15)18/h4-5,12H,3,6-11H2,1-2H3,(H,19,20). The molecular weight excluding hydrogens is 318 g/mol. The van der Waals surface area contributed by atoms with Gasteiger partial charge in [0.05, 0.1) is 5.69 Å². The smallest absolute Gasteiger partial charge is 0.193 e. The van der Waals surface area contributed by atoms with E-state index in [1.54, 1.807) is 7.05 Å². The van der Waals surface area contributed by atoms with E-state index in [2.05, 4.69) is 21.5 Å². The molecular formula is C16H24F2N4S. The number of benzene rings is 1. The van der Waals surface area contributed by atoms with Crippen LogP contribution in [0, 0.1) is 11.6 Å². The Morgan fingerprint density at radius 1 is 1.26 bits per heavy atom. The highest BCUT2D eigenvalue weighted by Gasteiger charge is 2.21. The Labute approximate surface area is 140 Å². The molecule has 7 heteroatoms. The van der Waals surface area contributed by atoms with Crippen LogP contribution in [0.1, 0.15) is 6.42 Å². The molecule has 0 spiro atoms. The number of anilines is 1. The zero-order valence-electron chi connectivity index (χ0n) is 13.7. The number of nitrogens with one attached hydrogen (secondary N) is 1. The first kappa shape index (κ1) is 17.8. The molecule has 0 atom stereocenters. The zero-order valence-corrected chi connectivity index (χ0v) is 14.5. The summed E-state index contributed by atoms with van der Waals surface area (Å²) in [5.41, 5.74) is 0.340. The quantitative estimate of drug-likeness (QED) is 0.506. The van der Waals surface area contributed by atoms with E-state index in [0.29, 0.717) is 18.8 Å². The van der Waals surface area contributed by atoms with Gasteiger partial charge in [-0.2, -0.15) is 11.8 Å². The molecule has 4 nitrogen and oxygen atoms in total. The van der Waals surface area contributed by atoms with Crippen molar-refractivity contribution in [3.63, 3.8) is 0 Å². The summed E-state index contributed by atoms with van der Waals surface area (Å²) >= 11 is 1.83. The molecule has 1 aliphatic rings. The molecule has 0 unspecified atom stereocenters. The summed E-state index contributed by atoms with van der Waals surface area (Å²) in [6.45, 7) is 3.65. The number of hydrogen-bond donors (Lipinski definition) is 1. The Morgan fingerprint density at radius 3 is 2.65 bits per heavy atom. The van der Waals surface area contributed by atoms with Crippen LogP contribution in [0.2, 0.25) is 0 Å². The highest BCUT2D eigenvalue weighted by molar-refractivity contribution is 7.98. The molecule has 0 saturated carbocycles. The van der Waals surface area contributed by atoms with Gasteiger partial charge in [-0.25, -0.2) is 8.78 Å². The van der Waals surface area contributed by atoms with E-state index in [1.165, 1.54) is 12.1 Å². The van der Waals surface area contributed by atoms with E-state index in [1.807, 2.05) is 16.7 Å². The van der Waals surface area contributed by atoms with E-state index in [4.69, 9.17) is 0 Å². The first-order valence-corrected chi connectivity index (χ1v) is 9.19. The van der Waals surface area contributed by atoms with Crippen molar-refractivity contribution in [2.24, 2.45) is 4.99 Å². The molecule has 1 aliphatic heterocycles. The number of rotatable bonds is 5. The van der Waals surface area contributed by atoms with Crippen molar-refractivity contribution in [3.05, 3.63) is 29.8 Å². The maximum absolute atomic E-state index is 13.9. The summed E-state index contributed by atoms with van der Waals surface area (Å²) in [4.78, 5) is 8.36. The number of hydrogen-bond acceptors (Lipinski definition) is 3. The second-order valence-electron chi connectivity index (χ2n) is 5.39. The number of aliphatic imine (C=N–C) groups is 1. The average molecular weight is 342 g/mol. The van der Waals surface area contributed by atoms with Crippen LogP contribution in [0.3, 0.4) is 0 Å². The third kappa shape index (κ3) is 4.99. The largest absolute Gasteiger partial charge is 0.366 e. The topological polar surface area (TPSA) is 30.9 Å². The Hall–Kier alpha value is -1.50. The molecule has 0 radical (unpaired) electrons. The lowest BCUT2D eigenvalue weighted by Crippen LogP contribution is -2.52. The molecule has 1 N–H and O–H groups in total. The van der Waals surface area contributed by atoms with Crippen LogP contribution >= 0.6 is 11.8 Å². The minimum Gasteiger partial charge on any atom is -0.366 e. The van der Waals surface area contributed by atoms with Crippen LogP contribution in [-0.2, 0) is 0 Å². The van der Waals surface area contributed by atoms with Crippen molar-refractivity contribution in [3.8, 4) is 0 Å². The first-order valence-electron chi connectivity index (χ1n) is 7.80. The normalized spacial score (nSPS) is 15.9. The van der Waals surface area contributed by atoms with Gasteiger partial charge in [0, 0.05) is 45.8 Å². The van der Waals surface area contributed by atoms with Gasteiger partial charge >= 0.3 is 0 Å². The lowest BCUT2D eigenvalue weighted by Gasteiger charge is -2.37. The minimum absolute atomic E-state index is 0.340. The van der Waals surface area contributed by atoms with Gasteiger partial charge in [0.2, 0.25) is 0 Å². The van der Waals surface area contributed by atoms with Crippen molar-refractivity contribution in [1.82, 2.24) is 10.2 Å². The van der Waals surface area contributed by atoms with Gasteiger partial charge < -0.3 is 15.1 Å². The Kier molecular flexibility index (Phi) is 6.95. The molecule has 2 rings (SSSR count). The lowest BCUT2D eigenvalue weighted by atomic mass is 10.2. The lowest BCUT2D eigenvalue weighted by molar-refractivity contribution is 0.370. The van der Waals surface area contributed by atoms with Gasteiger partial charge in [0.15, 0.2) is 5.96 Å². The van der Waals surface area contributed by atoms with Gasteiger partial charge in [0.1, 0.15) is 11.6 Å². The average Bonchev–Trinajstić information content (AvgIpc) is 2.57. The molecule has 1 aromatic rings. The molecule has 1 fully saturated rings. The highest BCUT2D eigenvalue weighted by atomic mass is 32.2. The van der Waals surface area contributed by atoms with Crippen molar-refractivity contribution in [2.75, 3.05) is 56.7 Å². The molecule has 0 aromatic heterocycles. The fourth-order valence-electron chi connectivity index (χ4n) is 2.64. The third-order valence-corrected chi connectivity index (χ3v) is 4.55. The van der Waals surface area contributed by atoms with Crippen molar-refractivity contribution in [1.29, 1.82) is 0 Å². The van der Waals surface area contributed by atoms with E-state index in [9.17, 15) is 8.78 Å². The number of thioether (sulfide) groups is 1. The molecule has 0 bridgehead atoms. The molecule has 1 saturated heterocycles. The molecule has 1 aromatic carbocycles. The van der Waals surface area contributed by atoms with Gasteiger partial charge in [-0.1, -0.05) is 0 Å². The van der Waals surface area contributed by atoms with Crippen LogP contribution < -0.4 is 10.2 Å². The second kappa shape index (κ2) is 8.96. The molecule has 0 aliphatic carbocycles. The third-order valence-electron chi connectivity index (χ3n) is 3.85. The number of halogens is 2. The van der Waals surface area contributed by atoms with E-state index < -0.39 is 5.82 Å². The van der Waals surface area contributed by atoms with Gasteiger partial charge in [-0.15, -0.1) is 0 Å². The van der Waals surface area contributed by atoms with Crippen molar-refractivity contribution < 1.29 is 8.78 Å². The Balaban J connectivity index is 1.88. The van der Waals surface area contributed by atoms with Crippen LogP contribution in [0.4, 0.5) is 14.5 Å². The molecule has 23 heavy (non-hydrogen) atoms. The van der Waals surface area contributed by atoms with E-state index in [-0.39, 0.29) is 5.82 Å². The van der Waals surface area contributed by atoms with E-state index in [0.717, 1.165) is 43.8 Å². The van der Waals surface area contributed by atoms with Crippen LogP contribution in [0.25, 0.3) is 0 Å². The van der Waals surface area contributed by atoms with Gasteiger partial charge in [-0.3, -0.25) is 4.99 Å². The van der Waals surface area contributed by atoms with Crippen molar-refractivity contribution in [2.45, 2.75) is 6.42 Å². The fraction of sp³-hybridized carbons (Fsp3) is 0.562. The summed E-state index contributed by atoms with van der Waals surface area (Å²) < 4.78 is 27.2. The predicted molar refractivity (Wildman–Crippen MR) is 94.5 cm³/mol. The maximum Gasteiger partial charge on any atom is 0.193 e.